The molecule has 6 heteroatoms. The van der Waals surface area contributed by atoms with Crippen LogP contribution in [-0.4, -0.2) is 27.8 Å². The Labute approximate surface area is 86.1 Å². The van der Waals surface area contributed by atoms with Gasteiger partial charge in [0.05, 0.1) is 0 Å². The molecule has 0 spiro atoms. The van der Waals surface area contributed by atoms with E-state index in [9.17, 15) is 9.00 Å². The number of hydrogen-bond donors (Lipinski definition) is 3. The number of hydrogen-bond acceptors (Lipinski definition) is 3. The van der Waals surface area contributed by atoms with Crippen molar-refractivity contribution in [1.82, 2.24) is 10.0 Å². The fraction of sp³-hybridized carbons (Fsp3) is 0.875. The summed E-state index contributed by atoms with van der Waals surface area (Å²) in [5.74, 6) is 0.179. The van der Waals surface area contributed by atoms with Gasteiger partial charge >= 0.3 is 0 Å². The first-order valence-corrected chi connectivity index (χ1v) is 5.90. The van der Waals surface area contributed by atoms with Crippen LogP contribution in [-0.2, 0) is 16.1 Å². The second kappa shape index (κ2) is 6.10. The van der Waals surface area contributed by atoms with Crippen molar-refractivity contribution in [1.29, 1.82) is 0 Å². The second-order valence-corrected chi connectivity index (χ2v) is 4.23. The lowest BCUT2D eigenvalue weighted by Crippen LogP contribution is -2.31. The van der Waals surface area contributed by atoms with E-state index < -0.39 is 11.3 Å². The summed E-state index contributed by atoms with van der Waals surface area (Å²) in [5, 5.41) is 3.26. The Morgan fingerprint density at radius 3 is 3.00 bits per heavy atom. The third-order valence-corrected chi connectivity index (χ3v) is 2.78. The van der Waals surface area contributed by atoms with E-state index in [0.29, 0.717) is 12.3 Å². The average Bonchev–Trinajstić information content (AvgIpc) is 2.15. The smallest absolute Gasteiger partial charge is 0.261 e. The first-order chi connectivity index (χ1) is 6.68. The summed E-state index contributed by atoms with van der Waals surface area (Å²) in [6.45, 7) is 2.01. The van der Waals surface area contributed by atoms with Crippen LogP contribution < -0.4 is 10.0 Å². The van der Waals surface area contributed by atoms with Crippen molar-refractivity contribution in [2.24, 2.45) is 5.92 Å². The molecule has 1 aliphatic rings. The van der Waals surface area contributed by atoms with Crippen molar-refractivity contribution < 1.29 is 13.6 Å². The van der Waals surface area contributed by atoms with Gasteiger partial charge < -0.3 is 5.32 Å². The molecule has 0 radical (unpaired) electrons. The minimum Gasteiger partial charge on any atom is -0.316 e. The van der Waals surface area contributed by atoms with Crippen LogP contribution in [0.5, 0.6) is 0 Å². The molecule has 1 rings (SSSR count). The van der Waals surface area contributed by atoms with Gasteiger partial charge in [-0.3, -0.25) is 14.1 Å². The third kappa shape index (κ3) is 4.69. The molecule has 0 aromatic heterocycles. The fourth-order valence-electron chi connectivity index (χ4n) is 1.65. The Morgan fingerprint density at radius 1 is 1.64 bits per heavy atom. The predicted molar refractivity (Wildman–Crippen MR) is 53.7 cm³/mol. The van der Waals surface area contributed by atoms with Gasteiger partial charge in [-0.1, -0.05) is 0 Å². The largest absolute Gasteiger partial charge is 0.316 e. The predicted octanol–water partition coefficient (Wildman–Crippen LogP) is 0.0191. The molecular formula is C8H16N2O3S. The molecule has 0 aromatic carbocycles. The van der Waals surface area contributed by atoms with Crippen molar-refractivity contribution >= 4 is 17.2 Å². The number of rotatable bonds is 4. The highest BCUT2D eigenvalue weighted by atomic mass is 32.2. The third-order valence-electron chi connectivity index (χ3n) is 2.38. The number of carbonyl (C=O) groups is 1. The van der Waals surface area contributed by atoms with Crippen molar-refractivity contribution in [2.75, 3.05) is 13.1 Å². The zero-order chi connectivity index (χ0) is 10.4. The highest BCUT2D eigenvalue weighted by molar-refractivity contribution is 7.77. The molecule has 0 bridgehead atoms. The molecule has 14 heavy (non-hydrogen) atoms. The zero-order valence-electron chi connectivity index (χ0n) is 7.99. The van der Waals surface area contributed by atoms with Gasteiger partial charge in [-0.05, 0) is 38.3 Å². The molecule has 1 aliphatic heterocycles. The molecule has 2 unspecified atom stereocenters. The van der Waals surface area contributed by atoms with E-state index in [0.717, 1.165) is 32.4 Å². The van der Waals surface area contributed by atoms with E-state index in [1.807, 2.05) is 4.72 Å². The molecule has 1 saturated heterocycles. The minimum atomic E-state index is -2.22. The van der Waals surface area contributed by atoms with Crippen LogP contribution in [0.4, 0.5) is 0 Å². The molecule has 3 N–H and O–H groups in total. The average molecular weight is 220 g/mol. The van der Waals surface area contributed by atoms with E-state index >= 15 is 0 Å². The summed E-state index contributed by atoms with van der Waals surface area (Å²) in [6.07, 6.45) is 3.41. The lowest BCUT2D eigenvalue weighted by Gasteiger charge is -2.22. The monoisotopic (exact) mass is 220 g/mol. The van der Waals surface area contributed by atoms with Gasteiger partial charge in [0.25, 0.3) is 11.3 Å². The van der Waals surface area contributed by atoms with Gasteiger partial charge in [-0.2, -0.15) is 0 Å². The van der Waals surface area contributed by atoms with Crippen molar-refractivity contribution in [3.8, 4) is 0 Å². The minimum absolute atomic E-state index is 0.332. The molecule has 0 saturated carbocycles. The van der Waals surface area contributed by atoms with E-state index in [4.69, 9.17) is 4.55 Å². The molecule has 0 aliphatic carbocycles. The maximum absolute atomic E-state index is 11.0. The van der Waals surface area contributed by atoms with E-state index in [1.54, 1.807) is 0 Å². The summed E-state index contributed by atoms with van der Waals surface area (Å²) in [6, 6.07) is 0. The summed E-state index contributed by atoms with van der Waals surface area (Å²) in [5.41, 5.74) is 0. The van der Waals surface area contributed by atoms with E-state index in [1.165, 1.54) is 0 Å². The second-order valence-electron chi connectivity index (χ2n) is 3.53. The van der Waals surface area contributed by atoms with Crippen LogP contribution in [0, 0.1) is 5.92 Å². The number of carbonyl (C=O) groups excluding carboxylic acids is 1. The Kier molecular flexibility index (Phi) is 5.06. The van der Waals surface area contributed by atoms with Crippen LogP contribution in [0.2, 0.25) is 0 Å². The topological polar surface area (TPSA) is 78.4 Å². The highest BCUT2D eigenvalue weighted by Gasteiger charge is 2.14. The Hall–Kier alpha value is -0.460. The fourth-order valence-corrected chi connectivity index (χ4v) is 1.95. The molecule has 0 aromatic rings. The van der Waals surface area contributed by atoms with Crippen LogP contribution in [0.25, 0.3) is 0 Å². The van der Waals surface area contributed by atoms with Crippen LogP contribution in [0.15, 0.2) is 0 Å². The lowest BCUT2D eigenvalue weighted by molar-refractivity contribution is -0.119. The normalized spacial score (nSPS) is 24.2. The molecule has 1 amide bonds. The van der Waals surface area contributed by atoms with E-state index in [2.05, 4.69) is 5.32 Å². The summed E-state index contributed by atoms with van der Waals surface area (Å²) in [7, 11) is 0. The van der Waals surface area contributed by atoms with Crippen molar-refractivity contribution in [3.05, 3.63) is 0 Å². The number of nitrogens with one attached hydrogen (secondary N) is 2. The van der Waals surface area contributed by atoms with Crippen LogP contribution >= 0.6 is 0 Å². The number of piperidine rings is 1. The molecule has 1 heterocycles. The van der Waals surface area contributed by atoms with Crippen LogP contribution in [0.3, 0.4) is 0 Å². The van der Waals surface area contributed by atoms with Gasteiger partial charge in [0.2, 0.25) is 5.91 Å². The van der Waals surface area contributed by atoms with Gasteiger partial charge in [0, 0.05) is 6.42 Å². The Balaban J connectivity index is 2.12. The Bertz CT molecular complexity index is 217. The van der Waals surface area contributed by atoms with E-state index in [-0.39, 0.29) is 5.91 Å². The van der Waals surface area contributed by atoms with Crippen molar-refractivity contribution in [2.45, 2.75) is 25.7 Å². The molecule has 2 atom stereocenters. The molecule has 82 valence electrons. The maximum Gasteiger partial charge on any atom is 0.261 e. The summed E-state index contributed by atoms with van der Waals surface area (Å²) < 4.78 is 20.6. The highest BCUT2D eigenvalue weighted by Crippen LogP contribution is 2.15. The first kappa shape index (κ1) is 11.6. The quantitative estimate of drug-likeness (QED) is 0.584. The molecule has 1 fully saturated rings. The number of amides is 1. The first-order valence-electron chi connectivity index (χ1n) is 4.79. The van der Waals surface area contributed by atoms with Crippen LogP contribution in [0.1, 0.15) is 25.7 Å². The summed E-state index contributed by atoms with van der Waals surface area (Å²) in [4.78, 5) is 11.0. The van der Waals surface area contributed by atoms with Crippen molar-refractivity contribution in [3.63, 3.8) is 0 Å². The zero-order valence-corrected chi connectivity index (χ0v) is 8.81. The standard InChI is InChI=1S/C8H16N2O3S/c11-8(10-14(12)13)4-3-7-2-1-5-9-6-7/h7,9H,1-6H2,(H,10,11)(H,12,13). The molecule has 5 nitrogen and oxygen atoms in total. The van der Waals surface area contributed by atoms with Gasteiger partial charge in [-0.25, -0.2) is 4.21 Å². The SMILES string of the molecule is O=C(CCC1CCCNC1)NS(=O)O. The molecular weight excluding hydrogens is 204 g/mol. The lowest BCUT2D eigenvalue weighted by atomic mass is 9.95. The van der Waals surface area contributed by atoms with Gasteiger partial charge in [0.15, 0.2) is 0 Å². The Morgan fingerprint density at radius 2 is 2.43 bits per heavy atom. The van der Waals surface area contributed by atoms with Gasteiger partial charge in [-0.15, -0.1) is 0 Å². The van der Waals surface area contributed by atoms with Gasteiger partial charge in [0.1, 0.15) is 0 Å². The summed E-state index contributed by atoms with van der Waals surface area (Å²) >= 11 is -2.22. The maximum atomic E-state index is 11.0.